The highest BCUT2D eigenvalue weighted by atomic mass is 16.5. The molecule has 378 valence electrons. The Balaban J connectivity index is 1.26. The zero-order chi connectivity index (χ0) is 49.7. The fraction of sp³-hybridized carbons (Fsp3) is 0.659. The van der Waals surface area contributed by atoms with E-state index in [0.717, 1.165) is 12.8 Å². The van der Waals surface area contributed by atoms with E-state index in [1.807, 2.05) is 9.80 Å². The van der Waals surface area contributed by atoms with Crippen molar-refractivity contribution in [3.05, 3.63) is 23.8 Å². The Morgan fingerprint density at radius 2 is 1.22 bits per heavy atom. The fourth-order valence-electron chi connectivity index (χ4n) is 7.51. The number of anilines is 3. The lowest BCUT2D eigenvalue weighted by Gasteiger charge is -2.38. The Labute approximate surface area is 398 Å². The molecule has 2 saturated heterocycles. The first-order chi connectivity index (χ1) is 33.3. The highest BCUT2D eigenvalue weighted by Crippen LogP contribution is 2.25. The van der Waals surface area contributed by atoms with E-state index in [-0.39, 0.29) is 76.0 Å². The number of aliphatic carboxylic acids is 1. The normalized spacial score (nSPS) is 15.9. The van der Waals surface area contributed by atoms with Crippen LogP contribution in [0, 0.1) is 12.3 Å². The minimum absolute atomic E-state index is 0.00343. The van der Waals surface area contributed by atoms with Crippen LogP contribution >= 0.6 is 0 Å². The molecule has 0 aliphatic carbocycles. The van der Waals surface area contributed by atoms with Gasteiger partial charge in [-0.05, 0) is 25.8 Å². The monoisotopic (exact) mass is 968 g/mol. The van der Waals surface area contributed by atoms with E-state index in [0.29, 0.717) is 96.3 Å². The van der Waals surface area contributed by atoms with Crippen LogP contribution in [0.3, 0.4) is 0 Å². The molecule has 28 nitrogen and oxygen atoms in total. The van der Waals surface area contributed by atoms with Crippen LogP contribution in [0.1, 0.15) is 80.5 Å². The van der Waals surface area contributed by atoms with Crippen LogP contribution in [-0.4, -0.2) is 195 Å². The molecule has 5 rings (SSSR count). The van der Waals surface area contributed by atoms with E-state index in [1.54, 1.807) is 16.0 Å². The number of ether oxygens (including phenoxy) is 3. The molecule has 3 aromatic rings. The fourth-order valence-corrected chi connectivity index (χ4v) is 7.51. The molecule has 0 unspecified atom stereocenters. The Hall–Kier alpha value is -6.64. The summed E-state index contributed by atoms with van der Waals surface area (Å²) in [5.41, 5.74) is 29.6. The van der Waals surface area contributed by atoms with Gasteiger partial charge in [0.2, 0.25) is 41.5 Å². The summed E-state index contributed by atoms with van der Waals surface area (Å²) in [6.07, 6.45) is 9.64. The second kappa shape index (κ2) is 27.4. The van der Waals surface area contributed by atoms with E-state index in [4.69, 9.17) is 64.3 Å². The Kier molecular flexibility index (Phi) is 21.2. The van der Waals surface area contributed by atoms with Gasteiger partial charge in [0.1, 0.15) is 18.7 Å². The van der Waals surface area contributed by atoms with Gasteiger partial charge in [0, 0.05) is 71.7 Å². The molecule has 69 heavy (non-hydrogen) atoms. The topological polar surface area (TPSA) is 388 Å². The van der Waals surface area contributed by atoms with Crippen LogP contribution in [0.5, 0.6) is 0 Å². The van der Waals surface area contributed by atoms with Crippen molar-refractivity contribution in [2.24, 2.45) is 28.7 Å². The average molecular weight is 968 g/mol. The number of primary amides is 2. The Morgan fingerprint density at radius 3 is 1.75 bits per heavy atom. The number of nitrogens with two attached hydrogens (primary N) is 5. The van der Waals surface area contributed by atoms with Crippen LogP contribution in [0.4, 0.5) is 17.8 Å². The molecule has 2 aliphatic rings. The highest BCUT2D eigenvalue weighted by molar-refractivity contribution is 5.86. The van der Waals surface area contributed by atoms with E-state index in [1.165, 1.54) is 15.6 Å². The van der Waals surface area contributed by atoms with Crippen molar-refractivity contribution >= 4 is 47.4 Å². The van der Waals surface area contributed by atoms with Gasteiger partial charge in [-0.1, -0.05) is 22.8 Å². The van der Waals surface area contributed by atoms with E-state index in [9.17, 15) is 29.1 Å². The number of hydrogen-bond donors (Lipinski definition) is 7. The first kappa shape index (κ1) is 53.3. The molecular formula is C41H65N19O9. The molecule has 28 heteroatoms. The molecule has 0 aromatic carbocycles. The van der Waals surface area contributed by atoms with Crippen molar-refractivity contribution in [1.82, 2.24) is 54.7 Å². The van der Waals surface area contributed by atoms with Crippen molar-refractivity contribution in [1.29, 1.82) is 0 Å². The van der Waals surface area contributed by atoms with Crippen molar-refractivity contribution < 1.29 is 43.3 Å². The number of carboxylic acid groups (broad SMARTS) is 1. The van der Waals surface area contributed by atoms with Gasteiger partial charge in [-0.3, -0.25) is 24.0 Å². The summed E-state index contributed by atoms with van der Waals surface area (Å²) >= 11 is 0. The predicted molar refractivity (Wildman–Crippen MR) is 247 cm³/mol. The van der Waals surface area contributed by atoms with Gasteiger partial charge in [-0.2, -0.15) is 15.0 Å². The smallest absolute Gasteiger partial charge is 0.303 e. The number of piperazine rings is 2. The number of carbonyl (C=O) groups excluding carboxylic acids is 4. The summed E-state index contributed by atoms with van der Waals surface area (Å²) in [5, 5.41) is 29.1. The zero-order valence-electron chi connectivity index (χ0n) is 38.7. The SMILES string of the molecule is C#CCOCCOCCOCCNc1nc(N2CCN(C(=O)[C@H](CCC(=O)O)n3cc([C@@H](N)CCCCN)nn3)CC2)nc(N2CCN(C(=O)[C@H](CC(N)=O)n3cc([C@@H](N)CC(N)=O)nn3)CC2)n1. The molecule has 3 aromatic heterocycles. The molecule has 0 saturated carbocycles. The Morgan fingerprint density at radius 1 is 0.696 bits per heavy atom. The van der Waals surface area contributed by atoms with Gasteiger partial charge in [-0.25, -0.2) is 9.36 Å². The number of nitrogens with one attached hydrogen (secondary N) is 1. The van der Waals surface area contributed by atoms with E-state index in [2.05, 4.69) is 31.9 Å². The van der Waals surface area contributed by atoms with Crippen molar-refractivity contribution in [3.8, 4) is 12.3 Å². The summed E-state index contributed by atoms with van der Waals surface area (Å²) in [4.78, 5) is 84.5. The number of unbranched alkanes of at least 4 members (excludes halogenated alkanes) is 1. The van der Waals surface area contributed by atoms with Crippen LogP contribution in [0.2, 0.25) is 0 Å². The number of carboxylic acids is 1. The van der Waals surface area contributed by atoms with Crippen LogP contribution in [-0.2, 0) is 38.2 Å². The second-order valence-corrected chi connectivity index (χ2v) is 16.3. The lowest BCUT2D eigenvalue weighted by atomic mass is 10.1. The first-order valence-corrected chi connectivity index (χ1v) is 22.8. The first-order valence-electron chi connectivity index (χ1n) is 22.8. The molecule has 0 spiro atoms. The lowest BCUT2D eigenvalue weighted by molar-refractivity contribution is -0.139. The highest BCUT2D eigenvalue weighted by Gasteiger charge is 2.34. The van der Waals surface area contributed by atoms with Gasteiger partial charge in [0.25, 0.3) is 0 Å². The molecule has 4 atom stereocenters. The summed E-state index contributed by atoms with van der Waals surface area (Å²) in [5.74, 6) is 0.222. The molecule has 12 N–H and O–H groups in total. The second-order valence-electron chi connectivity index (χ2n) is 16.3. The maximum atomic E-state index is 14.1. The summed E-state index contributed by atoms with van der Waals surface area (Å²) in [7, 11) is 0. The number of terminal acetylenes is 1. The average Bonchev–Trinajstić information content (AvgIpc) is 4.04. The van der Waals surface area contributed by atoms with Crippen molar-refractivity contribution in [2.75, 3.05) is 120 Å². The van der Waals surface area contributed by atoms with Gasteiger partial charge in [0.05, 0.1) is 75.3 Å². The zero-order valence-corrected chi connectivity index (χ0v) is 38.7. The minimum Gasteiger partial charge on any atom is -0.481 e. The van der Waals surface area contributed by atoms with E-state index >= 15 is 0 Å². The van der Waals surface area contributed by atoms with Crippen LogP contribution < -0.4 is 43.8 Å². The number of amides is 4. The minimum atomic E-state index is -1.11. The number of hydrogen-bond acceptors (Lipinski definition) is 21. The number of rotatable bonds is 30. The molecule has 5 heterocycles. The van der Waals surface area contributed by atoms with Crippen molar-refractivity contribution in [2.45, 2.75) is 69.1 Å². The molecule has 2 aliphatic heterocycles. The largest absolute Gasteiger partial charge is 0.481 e. The predicted octanol–water partition coefficient (Wildman–Crippen LogP) is -3.33. The van der Waals surface area contributed by atoms with Crippen LogP contribution in [0.15, 0.2) is 12.4 Å². The van der Waals surface area contributed by atoms with Gasteiger partial charge >= 0.3 is 5.97 Å². The molecule has 4 amide bonds. The van der Waals surface area contributed by atoms with Gasteiger partial charge in [-0.15, -0.1) is 16.6 Å². The summed E-state index contributed by atoms with van der Waals surface area (Å²) < 4.78 is 19.0. The maximum absolute atomic E-state index is 14.1. The number of aromatic nitrogens is 9. The third-order valence-corrected chi connectivity index (χ3v) is 11.3. The van der Waals surface area contributed by atoms with Gasteiger partial charge < -0.3 is 72.9 Å². The standard InChI is InChI=1S/C41H65N19O9/c1-2-18-67-20-22-69-23-21-68-19-9-47-39-48-40(57-14-10-55(11-15-57)37(65)32(6-7-36(63)64)59-26-30(51-53-59)28(43)5-3-4-8-42)50-41(49-39)58-16-12-56(13-17-58)38(66)33(25-35(46)62)60-27-31(52-54-60)29(44)24-34(45)61/h1,26-29,32-33H,3-25,42-44H2,(H2,45,61)(H2,46,62)(H,63,64)(H,47,48,49,50)/t28-,29-,32-,33-/m0/s1. The Bertz CT molecular complexity index is 2170. The van der Waals surface area contributed by atoms with E-state index < -0.39 is 47.9 Å². The maximum Gasteiger partial charge on any atom is 0.303 e. The van der Waals surface area contributed by atoms with Crippen molar-refractivity contribution in [3.63, 3.8) is 0 Å². The quantitative estimate of drug-likeness (QED) is 0.0254. The van der Waals surface area contributed by atoms with Crippen LogP contribution in [0.25, 0.3) is 0 Å². The molecule has 2 fully saturated rings. The lowest BCUT2D eigenvalue weighted by Crippen LogP contribution is -2.52. The third-order valence-electron chi connectivity index (χ3n) is 11.3. The summed E-state index contributed by atoms with van der Waals surface area (Å²) in [6.45, 7) is 5.18. The van der Waals surface area contributed by atoms with Gasteiger partial charge in [0.15, 0.2) is 0 Å². The number of carbonyl (C=O) groups is 5. The third kappa shape index (κ3) is 16.5. The molecular weight excluding hydrogens is 903 g/mol. The number of nitrogens with zero attached hydrogens (tertiary/aromatic N) is 13. The molecule has 0 bridgehead atoms. The summed E-state index contributed by atoms with van der Waals surface area (Å²) in [6, 6.07) is -3.29. The molecule has 0 radical (unpaired) electrons.